The normalized spacial score (nSPS) is 12.2. The molecule has 2 rings (SSSR count). The highest BCUT2D eigenvalue weighted by molar-refractivity contribution is 9.10. The van der Waals surface area contributed by atoms with Crippen molar-refractivity contribution in [3.05, 3.63) is 64.6 Å². The van der Waals surface area contributed by atoms with E-state index >= 15 is 0 Å². The largest absolute Gasteiger partial charge is 0.368 e. The Morgan fingerprint density at radius 2 is 1.71 bits per heavy atom. The lowest BCUT2D eigenvalue weighted by molar-refractivity contribution is 0.740. The lowest BCUT2D eigenvalue weighted by atomic mass is 10.1. The monoisotopic (exact) mass is 289 g/mol. The lowest BCUT2D eigenvalue weighted by Gasteiger charge is -2.27. The molecule has 0 aliphatic carbocycles. The molecule has 0 bridgehead atoms. The average molecular weight is 290 g/mol. The second kappa shape index (κ2) is 5.37. The van der Waals surface area contributed by atoms with Crippen molar-refractivity contribution in [1.82, 2.24) is 0 Å². The highest BCUT2D eigenvalue weighted by Crippen LogP contribution is 2.26. The van der Waals surface area contributed by atoms with Crippen molar-refractivity contribution in [2.75, 3.05) is 11.9 Å². The molecule has 0 aliphatic heterocycles. The zero-order valence-electron chi connectivity index (χ0n) is 10.1. The van der Waals surface area contributed by atoms with E-state index in [0.29, 0.717) is 6.04 Å². The van der Waals surface area contributed by atoms with Crippen LogP contribution in [0.3, 0.4) is 0 Å². The minimum absolute atomic E-state index is 0.366. The van der Waals surface area contributed by atoms with Crippen LogP contribution in [0.5, 0.6) is 0 Å². The molecule has 1 atom stereocenters. The molecule has 2 aromatic rings. The second-order valence-corrected chi connectivity index (χ2v) is 5.09. The predicted molar refractivity (Wildman–Crippen MR) is 77.4 cm³/mol. The zero-order valence-corrected chi connectivity index (χ0v) is 11.7. The summed E-state index contributed by atoms with van der Waals surface area (Å²) in [6, 6.07) is 19.3. The van der Waals surface area contributed by atoms with Gasteiger partial charge in [-0.2, -0.15) is 0 Å². The Hall–Kier alpha value is -1.28. The topological polar surface area (TPSA) is 3.24 Å². The van der Waals surface area contributed by atoms with Gasteiger partial charge in [0, 0.05) is 17.2 Å². The van der Waals surface area contributed by atoms with Gasteiger partial charge in [-0.15, -0.1) is 0 Å². The Labute approximate surface area is 111 Å². The van der Waals surface area contributed by atoms with E-state index in [0.717, 1.165) is 4.47 Å². The molecule has 0 unspecified atom stereocenters. The molecule has 0 fully saturated rings. The molecule has 0 amide bonds. The predicted octanol–water partition coefficient (Wildman–Crippen LogP) is 4.65. The van der Waals surface area contributed by atoms with Crippen LogP contribution in [-0.4, -0.2) is 7.05 Å². The quantitative estimate of drug-likeness (QED) is 0.795. The van der Waals surface area contributed by atoms with Crippen LogP contribution in [0.4, 0.5) is 5.69 Å². The van der Waals surface area contributed by atoms with E-state index in [9.17, 15) is 0 Å². The number of halogens is 1. The van der Waals surface area contributed by atoms with Crippen LogP contribution in [-0.2, 0) is 0 Å². The van der Waals surface area contributed by atoms with Crippen LogP contribution in [0.2, 0.25) is 0 Å². The summed E-state index contributed by atoms with van der Waals surface area (Å²) in [6.07, 6.45) is 0. The van der Waals surface area contributed by atoms with Crippen molar-refractivity contribution in [2.24, 2.45) is 0 Å². The summed E-state index contributed by atoms with van der Waals surface area (Å²) < 4.78 is 1.11. The van der Waals surface area contributed by atoms with Crippen LogP contribution in [0.25, 0.3) is 0 Å². The summed E-state index contributed by atoms with van der Waals surface area (Å²) in [4.78, 5) is 2.28. The number of rotatable bonds is 3. The molecule has 2 aromatic carbocycles. The maximum atomic E-state index is 3.51. The van der Waals surface area contributed by atoms with Crippen LogP contribution in [0, 0.1) is 0 Å². The van der Waals surface area contributed by atoms with Gasteiger partial charge in [0.05, 0.1) is 6.04 Å². The van der Waals surface area contributed by atoms with Gasteiger partial charge >= 0.3 is 0 Å². The van der Waals surface area contributed by atoms with Gasteiger partial charge in [-0.3, -0.25) is 0 Å². The average Bonchev–Trinajstić information content (AvgIpc) is 2.38. The van der Waals surface area contributed by atoms with Crippen molar-refractivity contribution >= 4 is 21.6 Å². The van der Waals surface area contributed by atoms with Gasteiger partial charge in [-0.05, 0) is 30.7 Å². The summed E-state index contributed by atoms with van der Waals surface area (Å²) in [7, 11) is 2.12. The maximum absolute atomic E-state index is 3.51. The number of nitrogens with zero attached hydrogens (tertiary/aromatic N) is 1. The SMILES string of the molecule is C[C@H](c1ccccc1)N(C)c1cccc(Br)c1. The first kappa shape index (κ1) is 12.2. The minimum Gasteiger partial charge on any atom is -0.368 e. The van der Waals surface area contributed by atoms with Gasteiger partial charge in [-0.25, -0.2) is 0 Å². The van der Waals surface area contributed by atoms with E-state index in [-0.39, 0.29) is 0 Å². The molecule has 0 heterocycles. The third kappa shape index (κ3) is 2.89. The van der Waals surface area contributed by atoms with Crippen molar-refractivity contribution in [2.45, 2.75) is 13.0 Å². The summed E-state index contributed by atoms with van der Waals surface area (Å²) >= 11 is 3.51. The van der Waals surface area contributed by atoms with E-state index in [1.54, 1.807) is 0 Å². The molecular weight excluding hydrogens is 274 g/mol. The Morgan fingerprint density at radius 3 is 2.35 bits per heavy atom. The summed E-state index contributed by atoms with van der Waals surface area (Å²) in [5.41, 5.74) is 2.55. The highest BCUT2D eigenvalue weighted by Gasteiger charge is 2.11. The first-order valence-electron chi connectivity index (χ1n) is 5.72. The van der Waals surface area contributed by atoms with Gasteiger partial charge in [0.25, 0.3) is 0 Å². The third-order valence-corrected chi connectivity index (χ3v) is 3.57. The fourth-order valence-electron chi connectivity index (χ4n) is 1.87. The van der Waals surface area contributed by atoms with Crippen molar-refractivity contribution < 1.29 is 0 Å². The Balaban J connectivity index is 2.23. The number of anilines is 1. The maximum Gasteiger partial charge on any atom is 0.0511 e. The number of hydrogen-bond acceptors (Lipinski definition) is 1. The third-order valence-electron chi connectivity index (χ3n) is 3.08. The first-order valence-corrected chi connectivity index (χ1v) is 6.51. The van der Waals surface area contributed by atoms with E-state index in [1.165, 1.54) is 11.3 Å². The molecular formula is C15H16BrN. The molecule has 0 spiro atoms. The smallest absolute Gasteiger partial charge is 0.0511 e. The Bertz CT molecular complexity index is 481. The van der Waals surface area contributed by atoms with Gasteiger partial charge < -0.3 is 4.90 Å². The van der Waals surface area contributed by atoms with Crippen LogP contribution < -0.4 is 4.90 Å². The van der Waals surface area contributed by atoms with Gasteiger partial charge in [0.15, 0.2) is 0 Å². The molecule has 17 heavy (non-hydrogen) atoms. The van der Waals surface area contributed by atoms with Gasteiger partial charge in [-0.1, -0.05) is 52.3 Å². The van der Waals surface area contributed by atoms with E-state index in [4.69, 9.17) is 0 Å². The summed E-state index contributed by atoms with van der Waals surface area (Å²) in [5, 5.41) is 0. The Kier molecular flexibility index (Phi) is 3.85. The van der Waals surface area contributed by atoms with Crippen LogP contribution in [0.1, 0.15) is 18.5 Å². The van der Waals surface area contributed by atoms with Crippen molar-refractivity contribution in [3.63, 3.8) is 0 Å². The molecule has 1 nitrogen and oxygen atoms in total. The summed E-state index contributed by atoms with van der Waals surface area (Å²) in [6.45, 7) is 2.22. The molecule has 0 saturated heterocycles. The Morgan fingerprint density at radius 1 is 1.00 bits per heavy atom. The fraction of sp³-hybridized carbons (Fsp3) is 0.200. The summed E-state index contributed by atoms with van der Waals surface area (Å²) in [5.74, 6) is 0. The molecule has 0 aliphatic rings. The number of hydrogen-bond donors (Lipinski definition) is 0. The zero-order chi connectivity index (χ0) is 12.3. The molecule has 0 aromatic heterocycles. The van der Waals surface area contributed by atoms with Crippen molar-refractivity contribution in [3.8, 4) is 0 Å². The van der Waals surface area contributed by atoms with E-state index < -0.39 is 0 Å². The van der Waals surface area contributed by atoms with Crippen LogP contribution >= 0.6 is 15.9 Å². The van der Waals surface area contributed by atoms with E-state index in [1.807, 2.05) is 6.07 Å². The fourth-order valence-corrected chi connectivity index (χ4v) is 2.26. The minimum atomic E-state index is 0.366. The molecule has 0 N–H and O–H groups in total. The second-order valence-electron chi connectivity index (χ2n) is 4.18. The molecule has 0 radical (unpaired) electrons. The molecule has 88 valence electrons. The van der Waals surface area contributed by atoms with E-state index in [2.05, 4.69) is 83.3 Å². The van der Waals surface area contributed by atoms with Crippen molar-refractivity contribution in [1.29, 1.82) is 0 Å². The standard InChI is InChI=1S/C15H16BrN/c1-12(13-7-4-3-5-8-13)17(2)15-10-6-9-14(16)11-15/h3-12H,1-2H3/t12-/m1/s1. The van der Waals surface area contributed by atoms with Gasteiger partial charge in [0.1, 0.15) is 0 Å². The molecule has 0 saturated carbocycles. The van der Waals surface area contributed by atoms with Crippen LogP contribution in [0.15, 0.2) is 59.1 Å². The lowest BCUT2D eigenvalue weighted by Crippen LogP contribution is -2.21. The molecule has 2 heteroatoms. The number of benzene rings is 2. The highest BCUT2D eigenvalue weighted by atomic mass is 79.9. The van der Waals surface area contributed by atoms with Gasteiger partial charge in [0.2, 0.25) is 0 Å². The first-order chi connectivity index (χ1) is 8.18.